The molecule has 112 valence electrons. The number of halogens is 2. The summed E-state index contributed by atoms with van der Waals surface area (Å²) < 4.78 is 0. The Hall–Kier alpha value is -1.10. The first-order valence-electron chi connectivity index (χ1n) is 7.19. The van der Waals surface area contributed by atoms with E-state index in [1.54, 1.807) is 12.1 Å². The van der Waals surface area contributed by atoms with E-state index in [1.165, 1.54) is 19.3 Å². The van der Waals surface area contributed by atoms with Crippen molar-refractivity contribution in [1.82, 2.24) is 14.9 Å². The maximum Gasteiger partial charge on any atom is 0.154 e. The van der Waals surface area contributed by atoms with Gasteiger partial charge in [0.1, 0.15) is 5.82 Å². The normalized spacial score (nSPS) is 16.5. The molecule has 2 heterocycles. The molecule has 2 aromatic rings. The molecule has 0 saturated carbocycles. The molecule has 6 heteroatoms. The van der Waals surface area contributed by atoms with Gasteiger partial charge < -0.3 is 4.98 Å². The van der Waals surface area contributed by atoms with E-state index in [0.29, 0.717) is 28.8 Å². The molecule has 1 aliphatic heterocycles. The number of ketones is 1. The van der Waals surface area contributed by atoms with Gasteiger partial charge in [0.2, 0.25) is 0 Å². The Labute approximate surface area is 133 Å². The van der Waals surface area contributed by atoms with Crippen LogP contribution in [0.1, 0.15) is 25.1 Å². The van der Waals surface area contributed by atoms with Crippen molar-refractivity contribution >= 4 is 40.0 Å². The Morgan fingerprint density at radius 3 is 2.67 bits per heavy atom. The van der Waals surface area contributed by atoms with E-state index in [4.69, 9.17) is 23.2 Å². The molecule has 1 saturated heterocycles. The third-order valence-corrected chi connectivity index (χ3v) is 4.51. The number of imidazole rings is 1. The van der Waals surface area contributed by atoms with Gasteiger partial charge >= 0.3 is 0 Å². The first kappa shape index (κ1) is 14.8. The lowest BCUT2D eigenvalue weighted by Gasteiger charge is -2.25. The van der Waals surface area contributed by atoms with Gasteiger partial charge in [-0.05, 0) is 38.1 Å². The summed E-state index contributed by atoms with van der Waals surface area (Å²) in [7, 11) is 0. The Bertz CT molecular complexity index is 623. The number of H-pyrrole nitrogens is 1. The van der Waals surface area contributed by atoms with Crippen LogP contribution in [0.2, 0.25) is 10.0 Å². The first-order valence-corrected chi connectivity index (χ1v) is 7.95. The Morgan fingerprint density at radius 1 is 1.19 bits per heavy atom. The summed E-state index contributed by atoms with van der Waals surface area (Å²) in [5.74, 6) is 0.860. The summed E-state index contributed by atoms with van der Waals surface area (Å²) >= 11 is 12.0. The SMILES string of the molecule is O=C(Cc1nc2cc(Cl)c(Cl)cc2[nH]1)CN1CCCCC1. The van der Waals surface area contributed by atoms with E-state index in [1.807, 2.05) is 0 Å². The van der Waals surface area contributed by atoms with E-state index < -0.39 is 0 Å². The fourth-order valence-corrected chi connectivity index (χ4v) is 3.07. The third-order valence-electron chi connectivity index (χ3n) is 3.79. The Balaban J connectivity index is 1.68. The number of Topliss-reactive ketones (excluding diaryl/α,β-unsaturated/α-hetero) is 1. The molecule has 1 N–H and O–H groups in total. The van der Waals surface area contributed by atoms with Gasteiger partial charge in [-0.3, -0.25) is 9.69 Å². The van der Waals surface area contributed by atoms with Crippen molar-refractivity contribution in [2.75, 3.05) is 19.6 Å². The minimum absolute atomic E-state index is 0.188. The smallest absolute Gasteiger partial charge is 0.154 e. The van der Waals surface area contributed by atoms with Crippen molar-refractivity contribution in [3.63, 3.8) is 0 Å². The molecule has 0 bridgehead atoms. The maximum absolute atomic E-state index is 12.1. The van der Waals surface area contributed by atoms with Crippen LogP contribution in [-0.2, 0) is 11.2 Å². The molecule has 0 radical (unpaired) electrons. The second kappa shape index (κ2) is 6.34. The molecular weight excluding hydrogens is 309 g/mol. The fourth-order valence-electron chi connectivity index (χ4n) is 2.75. The lowest BCUT2D eigenvalue weighted by Crippen LogP contribution is -2.35. The fraction of sp³-hybridized carbons (Fsp3) is 0.467. The number of benzene rings is 1. The quantitative estimate of drug-likeness (QED) is 0.936. The largest absolute Gasteiger partial charge is 0.342 e. The van der Waals surface area contributed by atoms with Gasteiger partial charge in [0, 0.05) is 0 Å². The van der Waals surface area contributed by atoms with Gasteiger partial charge in [-0.25, -0.2) is 4.98 Å². The second-order valence-electron chi connectivity index (χ2n) is 5.52. The molecule has 21 heavy (non-hydrogen) atoms. The minimum atomic E-state index is 0.188. The number of piperidine rings is 1. The summed E-state index contributed by atoms with van der Waals surface area (Å²) in [6.07, 6.45) is 3.97. The number of likely N-dealkylation sites (tertiary alicyclic amines) is 1. The Morgan fingerprint density at radius 2 is 1.90 bits per heavy atom. The van der Waals surface area contributed by atoms with Crippen molar-refractivity contribution in [2.45, 2.75) is 25.7 Å². The van der Waals surface area contributed by atoms with Crippen LogP contribution >= 0.6 is 23.2 Å². The van der Waals surface area contributed by atoms with Crippen LogP contribution in [0.5, 0.6) is 0 Å². The number of hydrogen-bond acceptors (Lipinski definition) is 3. The van der Waals surface area contributed by atoms with E-state index in [-0.39, 0.29) is 5.78 Å². The molecule has 0 unspecified atom stereocenters. The molecular formula is C15H17Cl2N3O. The van der Waals surface area contributed by atoms with Gasteiger partial charge in [0.05, 0.1) is 34.0 Å². The molecule has 0 spiro atoms. The molecule has 0 aliphatic carbocycles. The molecule has 1 aromatic carbocycles. The van der Waals surface area contributed by atoms with Crippen LogP contribution in [0.3, 0.4) is 0 Å². The molecule has 0 atom stereocenters. The predicted molar refractivity (Wildman–Crippen MR) is 85.1 cm³/mol. The number of fused-ring (bicyclic) bond motifs is 1. The van der Waals surface area contributed by atoms with Crippen LogP contribution in [0.4, 0.5) is 0 Å². The van der Waals surface area contributed by atoms with Crippen molar-refractivity contribution in [3.8, 4) is 0 Å². The topological polar surface area (TPSA) is 49.0 Å². The Kier molecular flexibility index (Phi) is 4.48. The van der Waals surface area contributed by atoms with E-state index in [0.717, 1.165) is 24.1 Å². The summed E-state index contributed by atoms with van der Waals surface area (Å²) in [6.45, 7) is 2.56. The van der Waals surface area contributed by atoms with Crippen molar-refractivity contribution in [3.05, 3.63) is 28.0 Å². The molecule has 4 nitrogen and oxygen atoms in total. The highest BCUT2D eigenvalue weighted by Gasteiger charge is 2.15. The van der Waals surface area contributed by atoms with Crippen LogP contribution in [0.15, 0.2) is 12.1 Å². The number of nitrogens with one attached hydrogen (secondary N) is 1. The van der Waals surface area contributed by atoms with Crippen molar-refractivity contribution in [2.24, 2.45) is 0 Å². The van der Waals surface area contributed by atoms with E-state index in [2.05, 4.69) is 14.9 Å². The summed E-state index contributed by atoms with van der Waals surface area (Å²) in [5, 5.41) is 0.959. The van der Waals surface area contributed by atoms with Gasteiger partial charge in [0.15, 0.2) is 5.78 Å². The zero-order valence-electron chi connectivity index (χ0n) is 11.7. The molecule has 0 amide bonds. The predicted octanol–water partition coefficient (Wildman–Crippen LogP) is 3.47. The average Bonchev–Trinajstić information content (AvgIpc) is 2.81. The van der Waals surface area contributed by atoms with Crippen molar-refractivity contribution in [1.29, 1.82) is 0 Å². The highest BCUT2D eigenvalue weighted by Crippen LogP contribution is 2.26. The number of aromatic nitrogens is 2. The van der Waals surface area contributed by atoms with Crippen LogP contribution in [0, 0.1) is 0 Å². The molecule has 1 aromatic heterocycles. The van der Waals surface area contributed by atoms with E-state index >= 15 is 0 Å². The standard InChI is InChI=1S/C15H17Cl2N3O/c16-11-7-13-14(8-12(11)17)19-15(18-13)6-10(21)9-20-4-2-1-3-5-20/h7-8H,1-6,9H2,(H,18,19). The van der Waals surface area contributed by atoms with E-state index in [9.17, 15) is 4.79 Å². The van der Waals surface area contributed by atoms with Gasteiger partial charge in [0.25, 0.3) is 0 Å². The zero-order chi connectivity index (χ0) is 14.8. The number of aromatic amines is 1. The maximum atomic E-state index is 12.1. The van der Waals surface area contributed by atoms with Gasteiger partial charge in [-0.15, -0.1) is 0 Å². The minimum Gasteiger partial charge on any atom is -0.342 e. The lowest BCUT2D eigenvalue weighted by molar-refractivity contribution is -0.119. The molecule has 3 rings (SSSR count). The third kappa shape index (κ3) is 3.57. The summed E-state index contributed by atoms with van der Waals surface area (Å²) in [6, 6.07) is 3.46. The van der Waals surface area contributed by atoms with Crippen LogP contribution < -0.4 is 0 Å². The number of carbonyl (C=O) groups is 1. The summed E-state index contributed by atoms with van der Waals surface area (Å²) in [5.41, 5.74) is 1.55. The number of rotatable bonds is 4. The highest BCUT2D eigenvalue weighted by molar-refractivity contribution is 6.42. The summed E-state index contributed by atoms with van der Waals surface area (Å²) in [4.78, 5) is 21.9. The number of nitrogens with zero attached hydrogens (tertiary/aromatic N) is 2. The van der Waals surface area contributed by atoms with Gasteiger partial charge in [-0.2, -0.15) is 0 Å². The second-order valence-corrected chi connectivity index (χ2v) is 6.33. The molecule has 1 aliphatic rings. The number of carbonyl (C=O) groups excluding carboxylic acids is 1. The molecule has 1 fully saturated rings. The lowest BCUT2D eigenvalue weighted by atomic mass is 10.1. The van der Waals surface area contributed by atoms with Crippen molar-refractivity contribution < 1.29 is 4.79 Å². The monoisotopic (exact) mass is 325 g/mol. The average molecular weight is 326 g/mol. The van der Waals surface area contributed by atoms with Crippen LogP contribution in [-0.4, -0.2) is 40.3 Å². The number of hydrogen-bond donors (Lipinski definition) is 1. The highest BCUT2D eigenvalue weighted by atomic mass is 35.5. The van der Waals surface area contributed by atoms with Gasteiger partial charge in [-0.1, -0.05) is 29.6 Å². The van der Waals surface area contributed by atoms with Crippen LogP contribution in [0.25, 0.3) is 11.0 Å². The zero-order valence-corrected chi connectivity index (χ0v) is 13.2. The first-order chi connectivity index (χ1) is 10.1.